The third kappa shape index (κ3) is 5.34. The molecule has 0 aliphatic heterocycles. The van der Waals surface area contributed by atoms with E-state index < -0.39 is 0 Å². The van der Waals surface area contributed by atoms with E-state index in [4.69, 9.17) is 11.6 Å². The molecule has 2 atom stereocenters. The molecule has 3 N–H and O–H groups in total. The first-order valence-electron chi connectivity index (χ1n) is 7.60. The Morgan fingerprint density at radius 2 is 1.83 bits per heavy atom. The van der Waals surface area contributed by atoms with Crippen LogP contribution in [-0.4, -0.2) is 12.5 Å². The van der Waals surface area contributed by atoms with E-state index >= 15 is 0 Å². The number of nitrogens with one attached hydrogen (secondary N) is 1. The number of rotatable bonds is 6. The fraction of sp³-hybridized carbons (Fsp3) is 0.278. The summed E-state index contributed by atoms with van der Waals surface area (Å²) in [5.74, 6) is 0.0223. The SMILES string of the molecule is C[C@@H](NC(=O)C[NH2+][C@H](C)c1ccc(Cl)cc1)c1ccccc1Br. The first kappa shape index (κ1) is 18.0. The van der Waals surface area contributed by atoms with Crippen LogP contribution in [0.1, 0.15) is 37.1 Å². The number of benzene rings is 2. The Hall–Kier alpha value is -1.36. The average Bonchev–Trinajstić information content (AvgIpc) is 2.53. The lowest BCUT2D eigenvalue weighted by Crippen LogP contribution is -2.87. The topological polar surface area (TPSA) is 45.7 Å². The number of carbonyl (C=O) groups excluding carboxylic acids is 1. The molecular formula is C18H21BrClN2O+. The number of nitrogens with two attached hydrogens (primary N) is 1. The van der Waals surface area contributed by atoms with Gasteiger partial charge in [0, 0.05) is 15.1 Å². The van der Waals surface area contributed by atoms with Crippen molar-refractivity contribution in [2.24, 2.45) is 0 Å². The van der Waals surface area contributed by atoms with Gasteiger partial charge in [0.15, 0.2) is 6.54 Å². The zero-order chi connectivity index (χ0) is 16.8. The second-order valence-electron chi connectivity index (χ2n) is 5.59. The zero-order valence-electron chi connectivity index (χ0n) is 13.2. The summed E-state index contributed by atoms with van der Waals surface area (Å²) in [4.78, 5) is 12.1. The van der Waals surface area contributed by atoms with Gasteiger partial charge in [0.25, 0.3) is 5.91 Å². The lowest BCUT2D eigenvalue weighted by molar-refractivity contribution is -0.682. The van der Waals surface area contributed by atoms with Crippen LogP contribution in [0.5, 0.6) is 0 Å². The smallest absolute Gasteiger partial charge is 0.275 e. The Bertz CT molecular complexity index is 660. The van der Waals surface area contributed by atoms with Gasteiger partial charge in [-0.25, -0.2) is 0 Å². The summed E-state index contributed by atoms with van der Waals surface area (Å²) in [6.07, 6.45) is 0. The Balaban J connectivity index is 1.85. The van der Waals surface area contributed by atoms with Crippen LogP contribution < -0.4 is 10.6 Å². The van der Waals surface area contributed by atoms with Gasteiger partial charge in [-0.15, -0.1) is 0 Å². The molecule has 0 heterocycles. The summed E-state index contributed by atoms with van der Waals surface area (Å²) < 4.78 is 1.01. The number of hydrogen-bond acceptors (Lipinski definition) is 1. The standard InChI is InChI=1S/C18H20BrClN2O/c1-12(14-7-9-15(20)10-8-14)21-11-18(23)22-13(2)16-5-3-4-6-17(16)19/h3-10,12-13,21H,11H2,1-2H3,(H,22,23)/p+1/t12-,13-/m1/s1. The molecule has 0 unspecified atom stereocenters. The van der Waals surface area contributed by atoms with Crippen molar-refractivity contribution in [2.75, 3.05) is 6.54 Å². The largest absolute Gasteiger partial charge is 0.345 e. The molecule has 1 amide bonds. The highest BCUT2D eigenvalue weighted by atomic mass is 79.9. The summed E-state index contributed by atoms with van der Waals surface area (Å²) in [5, 5.41) is 5.77. The summed E-state index contributed by atoms with van der Waals surface area (Å²) in [7, 11) is 0. The zero-order valence-corrected chi connectivity index (χ0v) is 15.6. The second kappa shape index (κ2) is 8.48. The molecular weight excluding hydrogens is 376 g/mol. The quantitative estimate of drug-likeness (QED) is 0.770. The van der Waals surface area contributed by atoms with Gasteiger partial charge in [-0.1, -0.05) is 57.9 Å². The predicted molar refractivity (Wildman–Crippen MR) is 97.4 cm³/mol. The van der Waals surface area contributed by atoms with Crippen molar-refractivity contribution in [2.45, 2.75) is 25.9 Å². The maximum absolute atomic E-state index is 12.1. The fourth-order valence-corrected chi connectivity index (χ4v) is 3.14. The third-order valence-electron chi connectivity index (χ3n) is 3.80. The Kier molecular flexibility index (Phi) is 6.63. The highest BCUT2D eigenvalue weighted by Gasteiger charge is 2.15. The van der Waals surface area contributed by atoms with Crippen LogP contribution in [-0.2, 0) is 4.79 Å². The molecule has 0 bridgehead atoms. The van der Waals surface area contributed by atoms with Gasteiger partial charge >= 0.3 is 0 Å². The van der Waals surface area contributed by atoms with Crippen LogP contribution in [0.15, 0.2) is 53.0 Å². The number of carbonyl (C=O) groups is 1. The van der Waals surface area contributed by atoms with E-state index in [9.17, 15) is 4.79 Å². The maximum Gasteiger partial charge on any atom is 0.275 e. The molecule has 2 rings (SSSR count). The van der Waals surface area contributed by atoms with E-state index in [0.717, 1.165) is 20.6 Å². The normalized spacial score (nSPS) is 13.4. The van der Waals surface area contributed by atoms with E-state index in [0.29, 0.717) is 6.54 Å². The molecule has 5 heteroatoms. The van der Waals surface area contributed by atoms with E-state index in [1.807, 2.05) is 60.8 Å². The first-order valence-corrected chi connectivity index (χ1v) is 8.77. The van der Waals surface area contributed by atoms with Crippen LogP contribution in [0.4, 0.5) is 0 Å². The highest BCUT2D eigenvalue weighted by molar-refractivity contribution is 9.10. The van der Waals surface area contributed by atoms with Gasteiger partial charge in [-0.05, 0) is 37.6 Å². The molecule has 0 aliphatic rings. The first-order chi connectivity index (χ1) is 11.0. The van der Waals surface area contributed by atoms with Crippen LogP contribution >= 0.6 is 27.5 Å². The minimum atomic E-state index is -0.0303. The summed E-state index contributed by atoms with van der Waals surface area (Å²) in [5.41, 5.74) is 2.23. The van der Waals surface area contributed by atoms with Gasteiger partial charge in [0.2, 0.25) is 0 Å². The number of amides is 1. The summed E-state index contributed by atoms with van der Waals surface area (Å²) >= 11 is 9.41. The molecule has 0 fully saturated rings. The van der Waals surface area contributed by atoms with Gasteiger partial charge in [0.1, 0.15) is 6.04 Å². The third-order valence-corrected chi connectivity index (χ3v) is 4.78. The van der Waals surface area contributed by atoms with Crippen molar-refractivity contribution in [3.05, 3.63) is 69.2 Å². The highest BCUT2D eigenvalue weighted by Crippen LogP contribution is 2.22. The second-order valence-corrected chi connectivity index (χ2v) is 6.88. The van der Waals surface area contributed by atoms with Gasteiger partial charge in [-0.3, -0.25) is 4.79 Å². The summed E-state index contributed by atoms with van der Waals surface area (Å²) in [6, 6.07) is 15.8. The maximum atomic E-state index is 12.1. The molecule has 3 nitrogen and oxygen atoms in total. The molecule has 2 aromatic rings. The molecule has 122 valence electrons. The number of hydrogen-bond donors (Lipinski definition) is 2. The monoisotopic (exact) mass is 395 g/mol. The molecule has 0 saturated carbocycles. The van der Waals surface area contributed by atoms with Crippen molar-refractivity contribution in [1.82, 2.24) is 5.32 Å². The Labute approximate surface area is 150 Å². The number of quaternary nitrogens is 1. The van der Waals surface area contributed by atoms with Crippen LogP contribution in [0.2, 0.25) is 5.02 Å². The average molecular weight is 397 g/mol. The molecule has 0 spiro atoms. The van der Waals surface area contributed by atoms with Gasteiger partial charge in [-0.2, -0.15) is 0 Å². The van der Waals surface area contributed by atoms with Crippen LogP contribution in [0, 0.1) is 0 Å². The predicted octanol–water partition coefficient (Wildman–Crippen LogP) is 3.60. The van der Waals surface area contributed by atoms with Crippen molar-refractivity contribution in [3.63, 3.8) is 0 Å². The van der Waals surface area contributed by atoms with E-state index in [-0.39, 0.29) is 18.0 Å². The molecule has 23 heavy (non-hydrogen) atoms. The molecule has 0 radical (unpaired) electrons. The van der Waals surface area contributed by atoms with E-state index in [1.165, 1.54) is 0 Å². The van der Waals surface area contributed by atoms with Crippen LogP contribution in [0.25, 0.3) is 0 Å². The van der Waals surface area contributed by atoms with E-state index in [1.54, 1.807) is 0 Å². The van der Waals surface area contributed by atoms with Crippen molar-refractivity contribution in [3.8, 4) is 0 Å². The Morgan fingerprint density at radius 3 is 2.48 bits per heavy atom. The minimum Gasteiger partial charge on any atom is -0.345 e. The lowest BCUT2D eigenvalue weighted by Gasteiger charge is -2.16. The van der Waals surface area contributed by atoms with Gasteiger partial charge in [0.05, 0.1) is 6.04 Å². The molecule has 0 aromatic heterocycles. The number of halogens is 2. The van der Waals surface area contributed by atoms with Crippen molar-refractivity contribution >= 4 is 33.4 Å². The summed E-state index contributed by atoms with van der Waals surface area (Å²) in [6.45, 7) is 4.45. The van der Waals surface area contributed by atoms with Crippen LogP contribution in [0.3, 0.4) is 0 Å². The molecule has 2 aromatic carbocycles. The van der Waals surface area contributed by atoms with Gasteiger partial charge < -0.3 is 10.6 Å². The minimum absolute atomic E-state index is 0.0223. The lowest BCUT2D eigenvalue weighted by atomic mass is 10.1. The fourth-order valence-electron chi connectivity index (χ4n) is 2.39. The van der Waals surface area contributed by atoms with Crippen molar-refractivity contribution < 1.29 is 10.1 Å². The van der Waals surface area contributed by atoms with E-state index in [2.05, 4.69) is 28.2 Å². The van der Waals surface area contributed by atoms with Crippen molar-refractivity contribution in [1.29, 1.82) is 0 Å². The molecule has 0 aliphatic carbocycles. The molecule has 0 saturated heterocycles. The Morgan fingerprint density at radius 1 is 1.17 bits per heavy atom.